The SMILES string of the molecule is Fc1ccc(N2CN(Cc3ccccc3)CNC2=S)cc1. The Morgan fingerprint density at radius 3 is 2.48 bits per heavy atom. The van der Waals surface area contributed by atoms with Gasteiger partial charge in [0.1, 0.15) is 5.82 Å². The summed E-state index contributed by atoms with van der Waals surface area (Å²) in [5.41, 5.74) is 2.15. The highest BCUT2D eigenvalue weighted by atomic mass is 32.1. The first-order valence-electron chi connectivity index (χ1n) is 6.79. The van der Waals surface area contributed by atoms with Crippen molar-refractivity contribution in [2.75, 3.05) is 18.2 Å². The molecule has 0 saturated carbocycles. The highest BCUT2D eigenvalue weighted by molar-refractivity contribution is 7.80. The lowest BCUT2D eigenvalue weighted by Gasteiger charge is -2.38. The second kappa shape index (κ2) is 6.20. The Bertz CT molecular complexity index is 615. The van der Waals surface area contributed by atoms with Gasteiger partial charge in [-0.15, -0.1) is 0 Å². The molecule has 2 aromatic carbocycles. The van der Waals surface area contributed by atoms with Crippen molar-refractivity contribution < 1.29 is 4.39 Å². The monoisotopic (exact) mass is 301 g/mol. The van der Waals surface area contributed by atoms with Crippen LogP contribution in [0.2, 0.25) is 0 Å². The molecule has 2 aromatic rings. The maximum absolute atomic E-state index is 13.0. The number of hydrogen-bond donors (Lipinski definition) is 1. The lowest BCUT2D eigenvalue weighted by atomic mass is 10.2. The van der Waals surface area contributed by atoms with E-state index in [1.54, 1.807) is 12.1 Å². The van der Waals surface area contributed by atoms with Crippen LogP contribution in [0, 0.1) is 5.82 Å². The summed E-state index contributed by atoms with van der Waals surface area (Å²) in [4.78, 5) is 4.22. The zero-order valence-corrected chi connectivity index (χ0v) is 12.3. The topological polar surface area (TPSA) is 18.5 Å². The normalized spacial score (nSPS) is 15.9. The molecule has 3 nitrogen and oxygen atoms in total. The van der Waals surface area contributed by atoms with Gasteiger partial charge in [0.05, 0.1) is 13.3 Å². The average Bonchev–Trinajstić information content (AvgIpc) is 2.51. The molecule has 0 amide bonds. The minimum atomic E-state index is -0.240. The largest absolute Gasteiger partial charge is 0.349 e. The van der Waals surface area contributed by atoms with Crippen LogP contribution < -0.4 is 10.2 Å². The van der Waals surface area contributed by atoms with Gasteiger partial charge in [-0.3, -0.25) is 4.90 Å². The molecule has 0 aliphatic carbocycles. The molecule has 21 heavy (non-hydrogen) atoms. The van der Waals surface area contributed by atoms with E-state index in [0.717, 1.165) is 12.2 Å². The maximum Gasteiger partial charge on any atom is 0.175 e. The van der Waals surface area contributed by atoms with Crippen LogP contribution in [-0.2, 0) is 6.54 Å². The van der Waals surface area contributed by atoms with Gasteiger partial charge in [-0.25, -0.2) is 4.39 Å². The second-order valence-electron chi connectivity index (χ2n) is 5.00. The summed E-state index contributed by atoms with van der Waals surface area (Å²) in [6.07, 6.45) is 0. The molecule has 1 saturated heterocycles. The summed E-state index contributed by atoms with van der Waals surface area (Å²) < 4.78 is 13.0. The van der Waals surface area contributed by atoms with E-state index >= 15 is 0 Å². The van der Waals surface area contributed by atoms with Crippen LogP contribution >= 0.6 is 12.2 Å². The minimum absolute atomic E-state index is 0.240. The molecule has 1 heterocycles. The molecular formula is C16H16FN3S. The number of anilines is 1. The van der Waals surface area contributed by atoms with Crippen LogP contribution in [0.25, 0.3) is 0 Å². The van der Waals surface area contributed by atoms with Gasteiger partial charge in [0.25, 0.3) is 0 Å². The van der Waals surface area contributed by atoms with Gasteiger partial charge in [0.15, 0.2) is 5.11 Å². The summed E-state index contributed by atoms with van der Waals surface area (Å²) >= 11 is 5.35. The van der Waals surface area contributed by atoms with Gasteiger partial charge in [-0.05, 0) is 42.0 Å². The number of nitrogens with zero attached hydrogens (tertiary/aromatic N) is 2. The van der Waals surface area contributed by atoms with Crippen LogP contribution in [-0.4, -0.2) is 23.3 Å². The number of thiocarbonyl (C=S) groups is 1. The van der Waals surface area contributed by atoms with Gasteiger partial charge in [-0.2, -0.15) is 0 Å². The number of benzene rings is 2. The number of rotatable bonds is 3. The molecule has 1 fully saturated rings. The standard InChI is InChI=1S/C16H16FN3S/c17-14-6-8-15(9-7-14)20-12-19(11-18-16(20)21)10-13-4-2-1-3-5-13/h1-9H,10-12H2,(H,18,21). The van der Waals surface area contributed by atoms with Crippen molar-refractivity contribution in [3.05, 3.63) is 66.0 Å². The van der Waals surface area contributed by atoms with Gasteiger partial charge in [0.2, 0.25) is 0 Å². The van der Waals surface area contributed by atoms with Gasteiger partial charge in [-0.1, -0.05) is 30.3 Å². The fourth-order valence-electron chi connectivity index (χ4n) is 2.36. The van der Waals surface area contributed by atoms with Crippen molar-refractivity contribution in [2.24, 2.45) is 0 Å². The Balaban J connectivity index is 1.72. The fraction of sp³-hybridized carbons (Fsp3) is 0.188. The first kappa shape index (κ1) is 14.0. The van der Waals surface area contributed by atoms with Crippen LogP contribution in [0.15, 0.2) is 54.6 Å². The third-order valence-electron chi connectivity index (χ3n) is 3.43. The van der Waals surface area contributed by atoms with Crippen molar-refractivity contribution in [1.82, 2.24) is 10.2 Å². The molecule has 1 N–H and O–H groups in total. The summed E-state index contributed by atoms with van der Waals surface area (Å²) in [5, 5.41) is 3.88. The van der Waals surface area contributed by atoms with Crippen molar-refractivity contribution in [1.29, 1.82) is 0 Å². The van der Waals surface area contributed by atoms with E-state index in [0.29, 0.717) is 18.4 Å². The van der Waals surface area contributed by atoms with E-state index in [2.05, 4.69) is 22.3 Å². The molecule has 108 valence electrons. The molecule has 0 atom stereocenters. The molecule has 1 aliphatic rings. The number of hydrogen-bond acceptors (Lipinski definition) is 2. The number of nitrogens with one attached hydrogen (secondary N) is 1. The van der Waals surface area contributed by atoms with E-state index in [-0.39, 0.29) is 5.82 Å². The van der Waals surface area contributed by atoms with Crippen molar-refractivity contribution >= 4 is 23.0 Å². The van der Waals surface area contributed by atoms with Crippen LogP contribution in [0.4, 0.5) is 10.1 Å². The highest BCUT2D eigenvalue weighted by Gasteiger charge is 2.21. The molecule has 0 unspecified atom stereocenters. The summed E-state index contributed by atoms with van der Waals surface area (Å²) in [6, 6.07) is 16.7. The predicted molar refractivity (Wildman–Crippen MR) is 86.3 cm³/mol. The zero-order chi connectivity index (χ0) is 14.7. The fourth-order valence-corrected chi connectivity index (χ4v) is 2.58. The third-order valence-corrected chi connectivity index (χ3v) is 3.79. The summed E-state index contributed by atoms with van der Waals surface area (Å²) in [6.45, 7) is 2.24. The molecule has 5 heteroatoms. The molecule has 0 radical (unpaired) electrons. The van der Waals surface area contributed by atoms with E-state index in [4.69, 9.17) is 12.2 Å². The average molecular weight is 301 g/mol. The van der Waals surface area contributed by atoms with Gasteiger partial charge in [0, 0.05) is 12.2 Å². The van der Waals surface area contributed by atoms with E-state index in [1.165, 1.54) is 17.7 Å². The summed E-state index contributed by atoms with van der Waals surface area (Å²) in [7, 11) is 0. The Morgan fingerprint density at radius 2 is 1.76 bits per heavy atom. The van der Waals surface area contributed by atoms with Crippen LogP contribution in [0.3, 0.4) is 0 Å². The quantitative estimate of drug-likeness (QED) is 0.878. The van der Waals surface area contributed by atoms with Crippen molar-refractivity contribution in [3.8, 4) is 0 Å². The molecule has 0 bridgehead atoms. The van der Waals surface area contributed by atoms with Crippen molar-refractivity contribution in [2.45, 2.75) is 6.54 Å². The van der Waals surface area contributed by atoms with Crippen LogP contribution in [0.1, 0.15) is 5.56 Å². The second-order valence-corrected chi connectivity index (χ2v) is 5.39. The van der Waals surface area contributed by atoms with Crippen molar-refractivity contribution in [3.63, 3.8) is 0 Å². The molecule has 0 aromatic heterocycles. The Morgan fingerprint density at radius 1 is 1.05 bits per heavy atom. The lowest BCUT2D eigenvalue weighted by Crippen LogP contribution is -2.55. The third kappa shape index (κ3) is 3.37. The maximum atomic E-state index is 13.0. The Hall–Kier alpha value is -1.98. The van der Waals surface area contributed by atoms with E-state index < -0.39 is 0 Å². The molecule has 0 spiro atoms. The minimum Gasteiger partial charge on any atom is -0.349 e. The zero-order valence-electron chi connectivity index (χ0n) is 11.5. The van der Waals surface area contributed by atoms with Crippen LogP contribution in [0.5, 0.6) is 0 Å². The van der Waals surface area contributed by atoms with Gasteiger partial charge >= 0.3 is 0 Å². The Kier molecular flexibility index (Phi) is 4.13. The number of halogens is 1. The molecule has 1 aliphatic heterocycles. The van der Waals surface area contributed by atoms with Gasteiger partial charge < -0.3 is 10.2 Å². The van der Waals surface area contributed by atoms with E-state index in [1.807, 2.05) is 23.1 Å². The predicted octanol–water partition coefficient (Wildman–Crippen LogP) is 2.94. The Labute approximate surface area is 129 Å². The van der Waals surface area contributed by atoms with E-state index in [9.17, 15) is 4.39 Å². The lowest BCUT2D eigenvalue weighted by molar-refractivity contribution is 0.253. The smallest absolute Gasteiger partial charge is 0.175 e. The summed E-state index contributed by atoms with van der Waals surface area (Å²) in [5.74, 6) is -0.240. The molecular weight excluding hydrogens is 285 g/mol. The molecule has 3 rings (SSSR count). The first-order valence-corrected chi connectivity index (χ1v) is 7.20. The highest BCUT2D eigenvalue weighted by Crippen LogP contribution is 2.18. The first-order chi connectivity index (χ1) is 10.2.